The fraction of sp³-hybridized carbons (Fsp3) is 0.453. The SMILES string of the molecule is CC1CN(Cc2ccc(C(F)(F)F)cc2)C1.Cl.FC(F)(F)c1ccc(CN2CC(Oc3cnc(Br)cn3)C2)cc1.FC(F)(F)c1ccc(CN2CC(Oc3cnc(N4CCCCC4)cn3)C2)cc1.FC(F)(F)c1ccc(CN2CC(Oc3cnc(N4CCCCC4)cn3)C2)cc1.O=C(OCc1ccccc1)N1CCNCC1.O=c1cnc(Br)c[nH]1.OC1CNC1. The van der Waals surface area contributed by atoms with Gasteiger partial charge in [-0.2, -0.15) is 52.7 Å². The van der Waals surface area contributed by atoms with Crippen molar-refractivity contribution in [3.8, 4) is 17.6 Å². The number of anilines is 2. The van der Waals surface area contributed by atoms with Gasteiger partial charge in [0.2, 0.25) is 17.6 Å². The number of piperazine rings is 1. The highest BCUT2D eigenvalue weighted by Crippen LogP contribution is 2.35. The molecule has 4 N–H and O–H groups in total. The van der Waals surface area contributed by atoms with Crippen molar-refractivity contribution in [2.24, 2.45) is 5.92 Å². The van der Waals surface area contributed by atoms with Gasteiger partial charge < -0.3 is 54.4 Å². The second kappa shape index (κ2) is 47.4. The number of halogens is 15. The summed E-state index contributed by atoms with van der Waals surface area (Å²) in [4.78, 5) is 68.6. The minimum atomic E-state index is -4.29. The lowest BCUT2D eigenvalue weighted by atomic mass is 10.0. The van der Waals surface area contributed by atoms with E-state index < -0.39 is 47.0 Å². The van der Waals surface area contributed by atoms with Crippen molar-refractivity contribution >= 4 is 62.0 Å². The van der Waals surface area contributed by atoms with E-state index in [1.807, 2.05) is 30.3 Å². The standard InChI is InChI=1S/2C20H23F3N4O.C15H13BrF3N3O.C12H14F3N.C12H16N2O2.C4H3BrN2O.C3H7NO.ClH/c2*21-20(22,23)16-6-4-15(5-7-16)12-26-13-17(14-26)28-19-11-24-18(10-25-19)27-8-2-1-3-9-27;16-13-5-21-14(6-20-13)23-12-8-22(9-12)7-10-1-3-11(4-2-10)15(17,18)19;1-9-6-16(7-9)8-10-2-4-11(5-3-10)12(13,14)15;15-12(14-8-6-13-7-9-14)16-10-11-4-2-1-3-5-11;5-3-1-7-4(8)2-6-3;5-3-1-4-2-3;/h2*4-7,10-11,17H,1-3,8-9,12-14H2;1-6,12H,7-9H2;2-5,9H,6-8H2,1H3;1-5,13H,6-10H2;1-2H,(H,7,8);3-5H,1-2H2;1H. The van der Waals surface area contributed by atoms with Gasteiger partial charge in [0.15, 0.2) is 0 Å². The topological polar surface area (TPSA) is 244 Å². The van der Waals surface area contributed by atoms with Gasteiger partial charge in [0.25, 0.3) is 5.56 Å². The molecule has 9 aromatic rings. The van der Waals surface area contributed by atoms with Crippen molar-refractivity contribution in [1.29, 1.82) is 0 Å². The predicted octanol–water partition coefficient (Wildman–Crippen LogP) is 15.3. The zero-order valence-corrected chi connectivity index (χ0v) is 72.5. The third-order valence-electron chi connectivity index (χ3n) is 20.7. The predicted molar refractivity (Wildman–Crippen MR) is 455 cm³/mol. The summed E-state index contributed by atoms with van der Waals surface area (Å²) in [5.41, 5.74) is 1.90. The molecule has 24 nitrogen and oxygen atoms in total. The number of likely N-dealkylation sites (tertiary alicyclic amines) is 4. The van der Waals surface area contributed by atoms with Gasteiger partial charge in [-0.15, -0.1) is 12.4 Å². The Morgan fingerprint density at radius 1 is 0.424 bits per heavy atom. The fourth-order valence-corrected chi connectivity index (χ4v) is 14.2. The number of carbonyl (C=O) groups excluding carboxylic acids is 1. The molecule has 17 rings (SSSR count). The van der Waals surface area contributed by atoms with Crippen LogP contribution in [0.25, 0.3) is 0 Å². The Kier molecular flexibility index (Phi) is 37.1. The largest absolute Gasteiger partial charge is 0.471 e. The first-order valence-electron chi connectivity index (χ1n) is 40.7. The first-order valence-corrected chi connectivity index (χ1v) is 42.3. The number of nitrogens with zero attached hydrogens (tertiary/aromatic N) is 14. The Labute approximate surface area is 739 Å². The van der Waals surface area contributed by atoms with Crippen molar-refractivity contribution in [3.05, 3.63) is 247 Å². The van der Waals surface area contributed by atoms with Crippen LogP contribution in [0.5, 0.6) is 17.6 Å². The number of H-pyrrole nitrogens is 1. The van der Waals surface area contributed by atoms with Crippen molar-refractivity contribution in [2.75, 3.05) is 128 Å². The van der Waals surface area contributed by atoms with E-state index in [0.29, 0.717) is 66.2 Å². The number of hydrogen-bond donors (Lipinski definition) is 4. The van der Waals surface area contributed by atoms with Gasteiger partial charge in [0.05, 0.1) is 71.7 Å². The van der Waals surface area contributed by atoms with E-state index in [4.69, 9.17) is 24.1 Å². The summed E-state index contributed by atoms with van der Waals surface area (Å²) < 4.78 is 174. The van der Waals surface area contributed by atoms with Gasteiger partial charge in [0.1, 0.15) is 45.8 Å². The number of ether oxygens (including phenoxy) is 4. The molecule has 4 aromatic heterocycles. The average molecular weight is 1910 g/mol. The van der Waals surface area contributed by atoms with Crippen LogP contribution in [0, 0.1) is 5.92 Å². The maximum Gasteiger partial charge on any atom is 0.416 e. The van der Waals surface area contributed by atoms with Crippen molar-refractivity contribution in [2.45, 2.75) is 127 Å². The molecule has 0 radical (unpaired) electrons. The van der Waals surface area contributed by atoms with Gasteiger partial charge in [-0.05, 0) is 153 Å². The van der Waals surface area contributed by atoms with E-state index in [0.717, 1.165) is 205 Å². The Hall–Kier alpha value is -9.38. The number of amides is 1. The summed E-state index contributed by atoms with van der Waals surface area (Å²) in [6.45, 7) is 20.3. The lowest BCUT2D eigenvalue weighted by molar-refractivity contribution is -0.138. The van der Waals surface area contributed by atoms with Gasteiger partial charge in [0, 0.05) is 150 Å². The highest BCUT2D eigenvalue weighted by Gasteiger charge is 2.36. The molecular formula is C86H100Br2ClF12N17O7. The summed E-state index contributed by atoms with van der Waals surface area (Å²) in [6.07, 6.45) is 2.70. The van der Waals surface area contributed by atoms with Crippen LogP contribution in [-0.4, -0.2) is 218 Å². The molecule has 39 heteroatoms. The normalized spacial score (nSPS) is 17.4. The number of aliphatic hydroxyl groups excluding tert-OH is 1. The van der Waals surface area contributed by atoms with E-state index in [1.165, 1.54) is 87.3 Å². The number of alkyl halides is 12. The number of aromatic amines is 1. The van der Waals surface area contributed by atoms with Crippen LogP contribution < -0.4 is 40.2 Å². The third-order valence-corrected chi connectivity index (χ3v) is 21.5. The monoisotopic (exact) mass is 1900 g/mol. The Morgan fingerprint density at radius 2 is 0.768 bits per heavy atom. The van der Waals surface area contributed by atoms with Crippen LogP contribution in [-0.2, 0) is 62.2 Å². The maximum absolute atomic E-state index is 12.6. The van der Waals surface area contributed by atoms with Crippen LogP contribution in [0.15, 0.2) is 191 Å². The van der Waals surface area contributed by atoms with Crippen molar-refractivity contribution in [1.82, 2.24) is 75.0 Å². The van der Waals surface area contributed by atoms with Crippen LogP contribution in [0.4, 0.5) is 69.1 Å². The van der Waals surface area contributed by atoms with Gasteiger partial charge in [-0.1, -0.05) is 85.8 Å². The molecule has 0 aliphatic carbocycles. The van der Waals surface area contributed by atoms with E-state index in [9.17, 15) is 62.3 Å². The summed E-state index contributed by atoms with van der Waals surface area (Å²) in [7, 11) is 0. The molecule has 8 fully saturated rings. The van der Waals surface area contributed by atoms with Crippen LogP contribution in [0.3, 0.4) is 0 Å². The molecular weight excluding hydrogens is 1810 g/mol. The highest BCUT2D eigenvalue weighted by atomic mass is 79.9. The number of aromatic nitrogens is 8. The first kappa shape index (κ1) is 97.8. The maximum atomic E-state index is 12.6. The molecule has 8 saturated heterocycles. The molecule has 0 unspecified atom stereocenters. The molecule has 5 aromatic carbocycles. The highest BCUT2D eigenvalue weighted by molar-refractivity contribution is 9.10. The molecule has 676 valence electrons. The molecule has 1 amide bonds. The fourth-order valence-electron chi connectivity index (χ4n) is 13.8. The Morgan fingerprint density at radius 3 is 1.06 bits per heavy atom. The second-order valence-corrected chi connectivity index (χ2v) is 32.5. The number of piperidine rings is 2. The summed E-state index contributed by atoms with van der Waals surface area (Å²) in [5, 5.41) is 14.5. The molecule has 125 heavy (non-hydrogen) atoms. The van der Waals surface area contributed by atoms with Crippen LogP contribution in [0.1, 0.15) is 95.5 Å². The van der Waals surface area contributed by atoms with Crippen LogP contribution in [0.2, 0.25) is 0 Å². The molecule has 8 aliphatic rings. The lowest BCUT2D eigenvalue weighted by Crippen LogP contribution is -2.53. The first-order chi connectivity index (χ1) is 59.3. The van der Waals surface area contributed by atoms with E-state index >= 15 is 0 Å². The quantitative estimate of drug-likeness (QED) is 0.0583. The van der Waals surface area contributed by atoms with Crippen molar-refractivity contribution < 1.29 is 81.5 Å². The minimum Gasteiger partial charge on any atom is -0.471 e. The number of hydrogen-bond acceptors (Lipinski definition) is 22. The molecule has 12 heterocycles. The third kappa shape index (κ3) is 33.1. The number of β-amino-alcohol motifs (C(OH)–C–C–N with tert-alkyl or cyclic N) is 1. The van der Waals surface area contributed by atoms with E-state index in [2.05, 4.69) is 119 Å². The molecule has 8 aliphatic heterocycles. The Balaban J connectivity index is 0.000000159. The zero-order valence-electron chi connectivity index (χ0n) is 68.5. The summed E-state index contributed by atoms with van der Waals surface area (Å²) in [5.74, 6) is 4.00. The van der Waals surface area contributed by atoms with E-state index in [-0.39, 0.29) is 48.5 Å². The van der Waals surface area contributed by atoms with E-state index in [1.54, 1.807) is 54.2 Å². The van der Waals surface area contributed by atoms with Gasteiger partial charge >= 0.3 is 30.8 Å². The van der Waals surface area contributed by atoms with Crippen molar-refractivity contribution in [3.63, 3.8) is 0 Å². The average Bonchev–Trinajstić information content (AvgIpc) is 0.941. The van der Waals surface area contributed by atoms with Crippen LogP contribution >= 0.6 is 44.3 Å². The molecule has 0 atom stereocenters. The number of rotatable bonds is 18. The molecule has 0 saturated carbocycles. The number of aliphatic hydroxyl groups is 1. The smallest absolute Gasteiger partial charge is 0.416 e. The number of nitrogens with one attached hydrogen (secondary N) is 3. The van der Waals surface area contributed by atoms with Gasteiger partial charge in [-0.25, -0.2) is 39.7 Å². The zero-order chi connectivity index (χ0) is 88.2. The summed E-state index contributed by atoms with van der Waals surface area (Å²) in [6, 6.07) is 31.0. The van der Waals surface area contributed by atoms with Gasteiger partial charge in [-0.3, -0.25) is 24.4 Å². The number of carbonyl (C=O) groups is 1. The number of benzene rings is 5. The molecule has 0 bridgehead atoms. The molecule has 0 spiro atoms. The Bertz CT molecular complexity index is 4550. The summed E-state index contributed by atoms with van der Waals surface area (Å²) >= 11 is 6.26. The second-order valence-electron chi connectivity index (χ2n) is 30.9. The lowest BCUT2D eigenvalue weighted by Gasteiger charge is -2.38. The minimum absolute atomic E-state index is 0.